The number of rotatable bonds is 2. The van der Waals surface area contributed by atoms with Gasteiger partial charge >= 0.3 is 6.09 Å². The molecule has 5 heteroatoms. The quantitative estimate of drug-likeness (QED) is 0.848. The van der Waals surface area contributed by atoms with E-state index in [1.165, 1.54) is 12.8 Å². The maximum Gasteiger partial charge on any atom is 0.410 e. The molecule has 0 aliphatic carbocycles. The van der Waals surface area contributed by atoms with Gasteiger partial charge in [0.25, 0.3) is 0 Å². The monoisotopic (exact) mass is 325 g/mol. The lowest BCUT2D eigenvalue weighted by atomic mass is 9.93. The molecule has 0 aromatic carbocycles. The van der Waals surface area contributed by atoms with Crippen LogP contribution in [0.25, 0.3) is 0 Å². The predicted octanol–water partition coefficient (Wildman–Crippen LogP) is 2.85. The SMILES string of the molecule is CC1CC(NC2CCCN(C(=O)OC(C)(C)C)C2C)CCN1C. The van der Waals surface area contributed by atoms with Gasteiger partial charge in [-0.3, -0.25) is 0 Å². The molecule has 4 unspecified atom stereocenters. The maximum absolute atomic E-state index is 12.4. The molecule has 5 nitrogen and oxygen atoms in total. The third-order valence-corrected chi connectivity index (χ3v) is 5.27. The second-order valence-corrected chi connectivity index (χ2v) is 8.38. The fourth-order valence-electron chi connectivity index (χ4n) is 3.69. The Hall–Kier alpha value is -0.810. The summed E-state index contributed by atoms with van der Waals surface area (Å²) in [6.45, 7) is 12.2. The van der Waals surface area contributed by atoms with Gasteiger partial charge in [-0.05, 0) is 73.9 Å². The van der Waals surface area contributed by atoms with E-state index in [0.29, 0.717) is 18.1 Å². The van der Waals surface area contributed by atoms with Crippen LogP contribution in [-0.4, -0.2) is 65.8 Å². The minimum absolute atomic E-state index is 0.173. The molecule has 134 valence electrons. The molecule has 23 heavy (non-hydrogen) atoms. The molecule has 2 rings (SSSR count). The topological polar surface area (TPSA) is 44.8 Å². The summed E-state index contributed by atoms with van der Waals surface area (Å²) >= 11 is 0. The van der Waals surface area contributed by atoms with Crippen LogP contribution < -0.4 is 5.32 Å². The molecule has 0 aromatic heterocycles. The van der Waals surface area contributed by atoms with Gasteiger partial charge in [0.15, 0.2) is 0 Å². The average molecular weight is 325 g/mol. The van der Waals surface area contributed by atoms with Crippen molar-refractivity contribution in [3.63, 3.8) is 0 Å². The molecule has 0 saturated carbocycles. The molecule has 0 radical (unpaired) electrons. The highest BCUT2D eigenvalue weighted by molar-refractivity contribution is 5.68. The van der Waals surface area contributed by atoms with Crippen LogP contribution >= 0.6 is 0 Å². The highest BCUT2D eigenvalue weighted by Gasteiger charge is 2.35. The third-order valence-electron chi connectivity index (χ3n) is 5.27. The van der Waals surface area contributed by atoms with E-state index in [1.807, 2.05) is 25.7 Å². The summed E-state index contributed by atoms with van der Waals surface area (Å²) in [7, 11) is 2.20. The van der Waals surface area contributed by atoms with Crippen molar-refractivity contribution in [3.05, 3.63) is 0 Å². The Balaban J connectivity index is 1.91. The van der Waals surface area contributed by atoms with Crippen LogP contribution in [0.1, 0.15) is 60.3 Å². The molecule has 0 bridgehead atoms. The Kier molecular flexibility index (Phi) is 5.95. The van der Waals surface area contributed by atoms with Crippen molar-refractivity contribution in [2.75, 3.05) is 20.1 Å². The van der Waals surface area contributed by atoms with Gasteiger partial charge in [0.2, 0.25) is 0 Å². The summed E-state index contributed by atoms with van der Waals surface area (Å²) in [6, 6.07) is 1.75. The van der Waals surface area contributed by atoms with E-state index in [9.17, 15) is 4.79 Å². The van der Waals surface area contributed by atoms with Gasteiger partial charge in [0, 0.05) is 30.7 Å². The fourth-order valence-corrected chi connectivity index (χ4v) is 3.69. The molecule has 2 fully saturated rings. The summed E-state index contributed by atoms with van der Waals surface area (Å²) < 4.78 is 5.57. The summed E-state index contributed by atoms with van der Waals surface area (Å²) in [5.74, 6) is 0. The molecule has 0 spiro atoms. The van der Waals surface area contributed by atoms with Gasteiger partial charge in [-0.2, -0.15) is 0 Å². The zero-order valence-corrected chi connectivity index (χ0v) is 15.8. The first kappa shape index (κ1) is 18.5. The molecule has 2 aliphatic rings. The van der Waals surface area contributed by atoms with Gasteiger partial charge < -0.3 is 19.9 Å². The number of ether oxygens (including phenoxy) is 1. The number of carbonyl (C=O) groups excluding carboxylic acids is 1. The molecule has 1 amide bonds. The predicted molar refractivity (Wildman–Crippen MR) is 93.7 cm³/mol. The molecule has 2 saturated heterocycles. The van der Waals surface area contributed by atoms with Gasteiger partial charge in [-0.15, -0.1) is 0 Å². The second kappa shape index (κ2) is 7.39. The number of hydrogen-bond acceptors (Lipinski definition) is 4. The van der Waals surface area contributed by atoms with E-state index in [4.69, 9.17) is 4.74 Å². The standard InChI is InChI=1S/C18H35N3O2/c1-13-12-15(9-11-20(13)6)19-16-8-7-10-21(14(16)2)17(22)23-18(3,4)5/h13-16,19H,7-12H2,1-6H3. The fraction of sp³-hybridized carbons (Fsp3) is 0.944. The Morgan fingerprint density at radius 1 is 1.17 bits per heavy atom. The summed E-state index contributed by atoms with van der Waals surface area (Å²) in [5.41, 5.74) is -0.430. The second-order valence-electron chi connectivity index (χ2n) is 8.38. The van der Waals surface area contributed by atoms with E-state index in [-0.39, 0.29) is 12.1 Å². The first-order chi connectivity index (χ1) is 10.7. The van der Waals surface area contributed by atoms with Crippen molar-refractivity contribution >= 4 is 6.09 Å². The third kappa shape index (κ3) is 5.08. The van der Waals surface area contributed by atoms with Gasteiger partial charge in [0.05, 0.1) is 0 Å². The number of carbonyl (C=O) groups is 1. The van der Waals surface area contributed by atoms with Crippen LogP contribution in [0, 0.1) is 0 Å². The minimum Gasteiger partial charge on any atom is -0.444 e. The molecule has 0 aromatic rings. The van der Waals surface area contributed by atoms with Crippen molar-refractivity contribution in [3.8, 4) is 0 Å². The van der Waals surface area contributed by atoms with Gasteiger partial charge in [-0.25, -0.2) is 4.79 Å². The van der Waals surface area contributed by atoms with E-state index < -0.39 is 5.60 Å². The maximum atomic E-state index is 12.4. The number of nitrogens with one attached hydrogen (secondary N) is 1. The van der Waals surface area contributed by atoms with Crippen LogP contribution in [0.2, 0.25) is 0 Å². The first-order valence-electron chi connectivity index (χ1n) is 9.13. The lowest BCUT2D eigenvalue weighted by Gasteiger charge is -2.43. The Morgan fingerprint density at radius 2 is 1.87 bits per heavy atom. The van der Waals surface area contributed by atoms with Crippen molar-refractivity contribution in [2.45, 2.75) is 90.1 Å². The zero-order chi connectivity index (χ0) is 17.2. The smallest absolute Gasteiger partial charge is 0.410 e. The summed E-state index contributed by atoms with van der Waals surface area (Å²) in [4.78, 5) is 16.8. The van der Waals surface area contributed by atoms with Crippen LogP contribution in [-0.2, 0) is 4.74 Å². The van der Waals surface area contributed by atoms with Crippen molar-refractivity contribution < 1.29 is 9.53 Å². The Bertz CT molecular complexity index is 408. The molecule has 2 aliphatic heterocycles. The van der Waals surface area contributed by atoms with E-state index in [0.717, 1.165) is 25.9 Å². The highest BCUT2D eigenvalue weighted by Crippen LogP contribution is 2.23. The zero-order valence-electron chi connectivity index (χ0n) is 15.8. The van der Waals surface area contributed by atoms with Crippen molar-refractivity contribution in [1.29, 1.82) is 0 Å². The molecule has 1 N–H and O–H groups in total. The number of amides is 1. The van der Waals surface area contributed by atoms with Crippen LogP contribution in [0.15, 0.2) is 0 Å². The van der Waals surface area contributed by atoms with Crippen molar-refractivity contribution in [1.82, 2.24) is 15.1 Å². The lowest BCUT2D eigenvalue weighted by Crippen LogP contribution is -2.58. The minimum atomic E-state index is -0.430. The van der Waals surface area contributed by atoms with E-state index in [1.54, 1.807) is 0 Å². The van der Waals surface area contributed by atoms with Gasteiger partial charge in [0.1, 0.15) is 5.60 Å². The number of likely N-dealkylation sites (tertiary alicyclic amines) is 2. The van der Waals surface area contributed by atoms with Crippen LogP contribution in [0.3, 0.4) is 0 Å². The Morgan fingerprint density at radius 3 is 2.48 bits per heavy atom. The average Bonchev–Trinajstić information content (AvgIpc) is 2.43. The molecule has 2 heterocycles. The molecule has 4 atom stereocenters. The van der Waals surface area contributed by atoms with Crippen molar-refractivity contribution in [2.24, 2.45) is 0 Å². The lowest BCUT2D eigenvalue weighted by molar-refractivity contribution is 0.00534. The summed E-state index contributed by atoms with van der Waals surface area (Å²) in [5, 5.41) is 3.83. The van der Waals surface area contributed by atoms with Crippen LogP contribution in [0.5, 0.6) is 0 Å². The molecular formula is C18H35N3O2. The largest absolute Gasteiger partial charge is 0.444 e. The summed E-state index contributed by atoms with van der Waals surface area (Å²) in [6.07, 6.45) is 4.39. The number of nitrogens with zero attached hydrogens (tertiary/aromatic N) is 2. The normalized spacial score (nSPS) is 33.6. The van der Waals surface area contributed by atoms with Gasteiger partial charge in [-0.1, -0.05) is 0 Å². The molecular weight excluding hydrogens is 290 g/mol. The number of piperidine rings is 2. The Labute approximate surface area is 141 Å². The van der Waals surface area contributed by atoms with E-state index in [2.05, 4.69) is 31.1 Å². The van der Waals surface area contributed by atoms with E-state index >= 15 is 0 Å². The highest BCUT2D eigenvalue weighted by atomic mass is 16.6. The number of hydrogen-bond donors (Lipinski definition) is 1. The van der Waals surface area contributed by atoms with Crippen LogP contribution in [0.4, 0.5) is 4.79 Å². The first-order valence-corrected chi connectivity index (χ1v) is 9.13.